The normalized spacial score (nSPS) is 23.4. The Bertz CT molecular complexity index is 1660. The van der Waals surface area contributed by atoms with E-state index in [4.69, 9.17) is 4.74 Å². The van der Waals surface area contributed by atoms with Crippen LogP contribution in [0.1, 0.15) is 46.4 Å². The largest absolute Gasteiger partial charge is 0.395 e. The number of halogens is 1. The Labute approximate surface area is 256 Å². The number of ether oxygens (including phenoxy) is 1. The van der Waals surface area contributed by atoms with Gasteiger partial charge in [0.1, 0.15) is 0 Å². The molecule has 5 atom stereocenters. The highest BCUT2D eigenvalue weighted by atomic mass is 28.4. The summed E-state index contributed by atoms with van der Waals surface area (Å²) >= 11 is 0. The Hall–Kier alpha value is -4.19. The predicted molar refractivity (Wildman–Crippen MR) is 168 cm³/mol. The molecular weight excluding hydrogens is 577 g/mol. The summed E-state index contributed by atoms with van der Waals surface area (Å²) in [6.45, 7) is 5.50. The standard InChI is InChI=1S/C33H36FN5O4Si/c1-21-30(44(2,3)34)29(16-17-39-19-28(37-38-39)25(20-40)22-10-6-4-7-11-22)43-33(21)26-18-24(14-15-27(26)36-32(33)42)35-31(41)23-12-8-5-9-13-23/h4-15,18-19,21,25,29-30,40H,16-17,20H2,1-3H3,(H,35,41)(H,36,42)/t21-,25?,29+,30-,33+/m1/s1. The zero-order chi connectivity index (χ0) is 31.1. The molecule has 1 spiro atoms. The third-order valence-corrected chi connectivity index (χ3v) is 11.4. The van der Waals surface area contributed by atoms with E-state index in [0.717, 1.165) is 5.56 Å². The van der Waals surface area contributed by atoms with Crippen molar-refractivity contribution in [3.63, 3.8) is 0 Å². The van der Waals surface area contributed by atoms with Crippen LogP contribution < -0.4 is 10.6 Å². The van der Waals surface area contributed by atoms with Crippen molar-refractivity contribution in [3.05, 3.63) is 107 Å². The molecule has 0 radical (unpaired) electrons. The molecule has 3 N–H and O–H groups in total. The molecule has 9 nitrogen and oxygen atoms in total. The van der Waals surface area contributed by atoms with Gasteiger partial charge in [0.25, 0.3) is 11.8 Å². The average molecular weight is 614 g/mol. The number of hydrogen-bond donors (Lipinski definition) is 3. The summed E-state index contributed by atoms with van der Waals surface area (Å²) < 4.78 is 24.4. The lowest BCUT2D eigenvalue weighted by Crippen LogP contribution is -2.42. The number of carbonyl (C=O) groups is 2. The van der Waals surface area contributed by atoms with E-state index in [9.17, 15) is 14.7 Å². The molecule has 0 bridgehead atoms. The lowest BCUT2D eigenvalue weighted by atomic mass is 9.82. The number of nitrogens with one attached hydrogen (secondary N) is 2. The summed E-state index contributed by atoms with van der Waals surface area (Å²) in [7, 11) is -3.33. The van der Waals surface area contributed by atoms with Gasteiger partial charge in [-0.25, -0.2) is 0 Å². The van der Waals surface area contributed by atoms with Gasteiger partial charge >= 0.3 is 0 Å². The number of aromatic nitrogens is 3. The minimum atomic E-state index is -3.33. The number of amides is 2. The highest BCUT2D eigenvalue weighted by molar-refractivity contribution is 6.72. The van der Waals surface area contributed by atoms with Gasteiger partial charge in [0.2, 0.25) is 8.41 Å². The van der Waals surface area contributed by atoms with E-state index >= 15 is 4.11 Å². The summed E-state index contributed by atoms with van der Waals surface area (Å²) in [6.07, 6.45) is 1.67. The van der Waals surface area contributed by atoms with Crippen molar-refractivity contribution >= 4 is 31.6 Å². The van der Waals surface area contributed by atoms with Gasteiger partial charge in [-0.3, -0.25) is 14.3 Å². The summed E-state index contributed by atoms with van der Waals surface area (Å²) in [5, 5.41) is 24.5. The number of fused-ring (bicyclic) bond motifs is 2. The molecule has 2 amide bonds. The second-order valence-corrected chi connectivity index (χ2v) is 15.9. The van der Waals surface area contributed by atoms with Crippen LogP contribution in [0.4, 0.5) is 15.5 Å². The molecule has 2 aliphatic heterocycles. The maximum absolute atomic E-state index is 16.0. The lowest BCUT2D eigenvalue weighted by molar-refractivity contribution is -0.143. The van der Waals surface area contributed by atoms with E-state index in [2.05, 4.69) is 20.9 Å². The van der Waals surface area contributed by atoms with Gasteiger partial charge in [0.05, 0.1) is 24.3 Å². The van der Waals surface area contributed by atoms with E-state index in [0.29, 0.717) is 41.2 Å². The van der Waals surface area contributed by atoms with Crippen molar-refractivity contribution in [1.82, 2.24) is 15.0 Å². The molecule has 6 rings (SSSR count). The first-order valence-corrected chi connectivity index (χ1v) is 17.8. The highest BCUT2D eigenvalue weighted by Gasteiger charge is 2.65. The third-order valence-electron chi connectivity index (χ3n) is 8.95. The summed E-state index contributed by atoms with van der Waals surface area (Å²) in [5.41, 5.74) is 1.94. The first kappa shape index (κ1) is 29.9. The van der Waals surface area contributed by atoms with Crippen LogP contribution in [0.25, 0.3) is 0 Å². The first-order chi connectivity index (χ1) is 21.1. The van der Waals surface area contributed by atoms with Crippen molar-refractivity contribution in [2.45, 2.75) is 56.1 Å². The van der Waals surface area contributed by atoms with Crippen molar-refractivity contribution in [1.29, 1.82) is 0 Å². The highest BCUT2D eigenvalue weighted by Crippen LogP contribution is 2.59. The van der Waals surface area contributed by atoms with Gasteiger partial charge in [0, 0.05) is 46.7 Å². The fourth-order valence-electron chi connectivity index (χ4n) is 6.90. The molecule has 228 valence electrons. The molecule has 3 heterocycles. The third kappa shape index (κ3) is 5.35. The van der Waals surface area contributed by atoms with E-state index in [1.54, 1.807) is 66.4 Å². The molecule has 2 aliphatic rings. The minimum Gasteiger partial charge on any atom is -0.395 e. The zero-order valence-corrected chi connectivity index (χ0v) is 25.9. The van der Waals surface area contributed by atoms with Crippen molar-refractivity contribution < 1.29 is 23.5 Å². The molecule has 1 aromatic heterocycles. The number of nitrogens with zero attached hydrogens (tertiary/aromatic N) is 3. The van der Waals surface area contributed by atoms with Gasteiger partial charge in [-0.2, -0.15) is 0 Å². The van der Waals surface area contributed by atoms with Crippen LogP contribution in [-0.2, 0) is 21.7 Å². The monoisotopic (exact) mass is 613 g/mol. The van der Waals surface area contributed by atoms with Crippen LogP contribution >= 0.6 is 0 Å². The molecule has 1 saturated heterocycles. The second kappa shape index (κ2) is 11.7. The van der Waals surface area contributed by atoms with Gasteiger partial charge in [-0.05, 0) is 55.4 Å². The zero-order valence-electron chi connectivity index (χ0n) is 24.9. The van der Waals surface area contributed by atoms with Crippen LogP contribution in [0.15, 0.2) is 85.1 Å². The molecule has 44 heavy (non-hydrogen) atoms. The number of aliphatic hydroxyl groups excluding tert-OH is 1. The summed E-state index contributed by atoms with van der Waals surface area (Å²) in [4.78, 5) is 26.5. The van der Waals surface area contributed by atoms with Crippen molar-refractivity contribution in [2.75, 3.05) is 17.2 Å². The second-order valence-electron chi connectivity index (χ2n) is 12.1. The van der Waals surface area contributed by atoms with E-state index < -0.39 is 31.6 Å². The van der Waals surface area contributed by atoms with Crippen LogP contribution in [0.5, 0.6) is 0 Å². The molecule has 11 heteroatoms. The Balaban J connectivity index is 1.25. The Morgan fingerprint density at radius 1 is 1.14 bits per heavy atom. The van der Waals surface area contributed by atoms with Crippen LogP contribution in [-0.4, -0.2) is 53.0 Å². The first-order valence-electron chi connectivity index (χ1n) is 14.9. The summed E-state index contributed by atoms with van der Waals surface area (Å²) in [5.74, 6) is -1.36. The maximum Gasteiger partial charge on any atom is 0.261 e. The number of aliphatic hydroxyl groups is 1. The SMILES string of the molecule is C[C@@H]1[C@@H]([Si](C)(C)F)[C@H](CCn2cc(C(CO)c3ccccc3)nn2)O[C@@]12C(=O)Nc1ccc(NC(=O)c3ccccc3)cc12. The number of hydrogen-bond acceptors (Lipinski definition) is 6. The van der Waals surface area contributed by atoms with Crippen molar-refractivity contribution in [3.8, 4) is 0 Å². The average Bonchev–Trinajstić information content (AvgIpc) is 3.68. The maximum atomic E-state index is 16.0. The number of benzene rings is 3. The molecule has 3 aromatic carbocycles. The number of anilines is 2. The molecular formula is C33H36FN5O4Si. The Morgan fingerprint density at radius 3 is 2.52 bits per heavy atom. The predicted octanol–water partition coefficient (Wildman–Crippen LogP) is 5.47. The van der Waals surface area contributed by atoms with Gasteiger partial charge in [0.15, 0.2) is 5.60 Å². The fourth-order valence-corrected chi connectivity index (χ4v) is 9.45. The number of rotatable bonds is 9. The molecule has 0 saturated carbocycles. The van der Waals surface area contributed by atoms with Gasteiger partial charge in [-0.15, -0.1) is 5.10 Å². The lowest BCUT2D eigenvalue weighted by Gasteiger charge is -2.30. The van der Waals surface area contributed by atoms with E-state index in [1.807, 2.05) is 43.3 Å². The van der Waals surface area contributed by atoms with Crippen LogP contribution in [0.3, 0.4) is 0 Å². The van der Waals surface area contributed by atoms with Gasteiger partial charge in [-0.1, -0.05) is 60.7 Å². The van der Waals surface area contributed by atoms with E-state index in [-0.39, 0.29) is 24.3 Å². The number of carbonyl (C=O) groups excluding carboxylic acids is 2. The smallest absolute Gasteiger partial charge is 0.261 e. The molecule has 0 aliphatic carbocycles. The fraction of sp³-hybridized carbons (Fsp3) is 0.333. The summed E-state index contributed by atoms with van der Waals surface area (Å²) in [6, 6.07) is 23.7. The van der Waals surface area contributed by atoms with Crippen LogP contribution in [0, 0.1) is 5.92 Å². The van der Waals surface area contributed by atoms with Crippen molar-refractivity contribution in [2.24, 2.45) is 5.92 Å². The minimum absolute atomic E-state index is 0.111. The van der Waals surface area contributed by atoms with Crippen LogP contribution in [0.2, 0.25) is 18.6 Å². The molecule has 1 fully saturated rings. The Morgan fingerprint density at radius 2 is 1.84 bits per heavy atom. The molecule has 4 aromatic rings. The number of aryl methyl sites for hydroxylation is 1. The van der Waals surface area contributed by atoms with E-state index in [1.165, 1.54) is 0 Å². The molecule has 1 unspecified atom stereocenters. The van der Waals surface area contributed by atoms with Gasteiger partial charge < -0.3 is 24.6 Å². The Kier molecular flexibility index (Phi) is 7.95. The quantitative estimate of drug-likeness (QED) is 0.170. The topological polar surface area (TPSA) is 118 Å².